The standard InChI is InChI=1S/C16H12F2N2O5/c1-19(11-3-4-13(17)14(18)8-11)15(21)9-5-10(16(22)25-2)7-12(6-9)20(23)24/h3-8H,1-2H3. The van der Waals surface area contributed by atoms with Gasteiger partial charge >= 0.3 is 5.97 Å². The topological polar surface area (TPSA) is 89.8 Å². The number of hydrogen-bond acceptors (Lipinski definition) is 5. The summed E-state index contributed by atoms with van der Waals surface area (Å²) in [5.41, 5.74) is -0.805. The van der Waals surface area contributed by atoms with Crippen molar-refractivity contribution < 1.29 is 28.0 Å². The Bertz CT molecular complexity index is 870. The third kappa shape index (κ3) is 3.77. The highest BCUT2D eigenvalue weighted by molar-refractivity contribution is 6.07. The predicted octanol–water partition coefficient (Wildman–Crippen LogP) is 2.94. The Balaban J connectivity index is 2.46. The van der Waals surface area contributed by atoms with Gasteiger partial charge in [0, 0.05) is 36.5 Å². The number of rotatable bonds is 4. The van der Waals surface area contributed by atoms with E-state index in [1.165, 1.54) is 13.1 Å². The van der Waals surface area contributed by atoms with Crippen molar-refractivity contribution in [2.75, 3.05) is 19.1 Å². The lowest BCUT2D eigenvalue weighted by Gasteiger charge is -2.18. The van der Waals surface area contributed by atoms with E-state index >= 15 is 0 Å². The first-order chi connectivity index (χ1) is 11.7. The number of carbonyl (C=O) groups is 2. The van der Waals surface area contributed by atoms with Crippen LogP contribution in [0.5, 0.6) is 0 Å². The second-order valence-corrected chi connectivity index (χ2v) is 4.98. The van der Waals surface area contributed by atoms with Gasteiger partial charge in [0.2, 0.25) is 0 Å². The molecule has 0 aromatic heterocycles. The lowest BCUT2D eigenvalue weighted by atomic mass is 10.1. The third-order valence-electron chi connectivity index (χ3n) is 3.39. The zero-order valence-electron chi connectivity index (χ0n) is 13.2. The third-order valence-corrected chi connectivity index (χ3v) is 3.39. The van der Waals surface area contributed by atoms with E-state index < -0.39 is 34.1 Å². The second-order valence-electron chi connectivity index (χ2n) is 4.98. The van der Waals surface area contributed by atoms with Crippen LogP contribution in [0.1, 0.15) is 20.7 Å². The highest BCUT2D eigenvalue weighted by atomic mass is 19.2. The molecule has 0 aliphatic carbocycles. The Kier molecular flexibility index (Phi) is 5.06. The lowest BCUT2D eigenvalue weighted by Crippen LogP contribution is -2.26. The molecule has 7 nitrogen and oxygen atoms in total. The predicted molar refractivity (Wildman–Crippen MR) is 83.5 cm³/mol. The number of benzene rings is 2. The maximum Gasteiger partial charge on any atom is 0.338 e. The fourth-order valence-electron chi connectivity index (χ4n) is 2.08. The van der Waals surface area contributed by atoms with Gasteiger partial charge in [-0.1, -0.05) is 0 Å². The molecule has 0 unspecified atom stereocenters. The van der Waals surface area contributed by atoms with Crippen molar-refractivity contribution in [1.29, 1.82) is 0 Å². The summed E-state index contributed by atoms with van der Waals surface area (Å²) in [5, 5.41) is 11.0. The maximum absolute atomic E-state index is 13.3. The van der Waals surface area contributed by atoms with Crippen LogP contribution in [0.25, 0.3) is 0 Å². The van der Waals surface area contributed by atoms with Gasteiger partial charge in [-0.05, 0) is 18.2 Å². The number of esters is 1. The summed E-state index contributed by atoms with van der Waals surface area (Å²) in [6, 6.07) is 5.91. The number of non-ortho nitro benzene ring substituents is 1. The zero-order chi connectivity index (χ0) is 18.7. The molecule has 0 aliphatic rings. The van der Waals surface area contributed by atoms with E-state index in [9.17, 15) is 28.5 Å². The maximum atomic E-state index is 13.3. The fourth-order valence-corrected chi connectivity index (χ4v) is 2.08. The highest BCUT2D eigenvalue weighted by Crippen LogP contribution is 2.22. The van der Waals surface area contributed by atoms with Crippen LogP contribution in [0, 0.1) is 21.7 Å². The molecule has 0 saturated carbocycles. The van der Waals surface area contributed by atoms with Crippen LogP contribution in [0.4, 0.5) is 20.2 Å². The number of halogens is 2. The van der Waals surface area contributed by atoms with Crippen molar-refractivity contribution in [3.63, 3.8) is 0 Å². The number of hydrogen-bond donors (Lipinski definition) is 0. The Morgan fingerprint density at radius 2 is 1.72 bits per heavy atom. The molecule has 0 fully saturated rings. The molecular weight excluding hydrogens is 338 g/mol. The summed E-state index contributed by atoms with van der Waals surface area (Å²) in [6.07, 6.45) is 0. The number of amides is 1. The normalized spacial score (nSPS) is 10.2. The molecule has 1 amide bonds. The van der Waals surface area contributed by atoms with E-state index in [-0.39, 0.29) is 16.8 Å². The Morgan fingerprint density at radius 1 is 1.08 bits per heavy atom. The van der Waals surface area contributed by atoms with Gasteiger partial charge in [0.05, 0.1) is 17.6 Å². The van der Waals surface area contributed by atoms with Crippen LogP contribution in [-0.4, -0.2) is 31.0 Å². The minimum atomic E-state index is -1.15. The molecule has 0 saturated heterocycles. The SMILES string of the molecule is COC(=O)c1cc(C(=O)N(C)c2ccc(F)c(F)c2)cc([N+](=O)[O-])c1. The van der Waals surface area contributed by atoms with E-state index in [0.29, 0.717) is 0 Å². The van der Waals surface area contributed by atoms with E-state index in [4.69, 9.17) is 0 Å². The van der Waals surface area contributed by atoms with Gasteiger partial charge in [-0.25, -0.2) is 13.6 Å². The molecule has 0 radical (unpaired) electrons. The Morgan fingerprint density at radius 3 is 2.28 bits per heavy atom. The number of nitrogens with zero attached hydrogens (tertiary/aromatic N) is 2. The van der Waals surface area contributed by atoms with Crippen molar-refractivity contribution in [2.24, 2.45) is 0 Å². The first-order valence-corrected chi connectivity index (χ1v) is 6.85. The van der Waals surface area contributed by atoms with Gasteiger partial charge < -0.3 is 9.64 Å². The molecule has 2 rings (SSSR count). The van der Waals surface area contributed by atoms with Crippen molar-refractivity contribution in [1.82, 2.24) is 0 Å². The Hall–Kier alpha value is -3.36. The molecule has 0 spiro atoms. The first kappa shape index (κ1) is 18.0. The summed E-state index contributed by atoms with van der Waals surface area (Å²) in [5.74, 6) is -3.83. The number of anilines is 1. The molecule has 0 heterocycles. The molecule has 9 heteroatoms. The number of nitro groups is 1. The van der Waals surface area contributed by atoms with Gasteiger partial charge in [0.15, 0.2) is 11.6 Å². The molecule has 2 aromatic rings. The van der Waals surface area contributed by atoms with Crippen LogP contribution in [0.3, 0.4) is 0 Å². The largest absolute Gasteiger partial charge is 0.465 e. The Labute approximate surface area is 140 Å². The second kappa shape index (κ2) is 7.04. The quantitative estimate of drug-likeness (QED) is 0.480. The summed E-state index contributed by atoms with van der Waals surface area (Å²) in [4.78, 5) is 35.3. The van der Waals surface area contributed by atoms with Gasteiger partial charge in [-0.2, -0.15) is 0 Å². The number of carbonyl (C=O) groups excluding carboxylic acids is 2. The summed E-state index contributed by atoms with van der Waals surface area (Å²) in [7, 11) is 2.38. The number of ether oxygens (including phenoxy) is 1. The van der Waals surface area contributed by atoms with E-state index in [2.05, 4.69) is 4.74 Å². The highest BCUT2D eigenvalue weighted by Gasteiger charge is 2.21. The number of methoxy groups -OCH3 is 1. The van der Waals surface area contributed by atoms with Crippen LogP contribution in [0.15, 0.2) is 36.4 Å². The summed E-state index contributed by atoms with van der Waals surface area (Å²) in [6.45, 7) is 0. The summed E-state index contributed by atoms with van der Waals surface area (Å²) < 4.78 is 30.8. The average molecular weight is 350 g/mol. The minimum absolute atomic E-state index is 0.0371. The van der Waals surface area contributed by atoms with Gasteiger partial charge in [0.1, 0.15) is 0 Å². The van der Waals surface area contributed by atoms with E-state index in [0.717, 1.165) is 42.3 Å². The monoisotopic (exact) mass is 350 g/mol. The average Bonchev–Trinajstić information content (AvgIpc) is 2.61. The molecule has 0 N–H and O–H groups in total. The number of nitro benzene ring substituents is 1. The molecule has 0 atom stereocenters. The van der Waals surface area contributed by atoms with E-state index in [1.54, 1.807) is 0 Å². The van der Waals surface area contributed by atoms with Crippen LogP contribution < -0.4 is 4.90 Å². The molecule has 25 heavy (non-hydrogen) atoms. The molecule has 2 aromatic carbocycles. The van der Waals surface area contributed by atoms with Gasteiger partial charge in [0.25, 0.3) is 11.6 Å². The van der Waals surface area contributed by atoms with Gasteiger partial charge in [-0.15, -0.1) is 0 Å². The lowest BCUT2D eigenvalue weighted by molar-refractivity contribution is -0.384. The van der Waals surface area contributed by atoms with E-state index in [1.807, 2.05) is 0 Å². The van der Waals surface area contributed by atoms with Crippen molar-refractivity contribution >= 4 is 23.3 Å². The van der Waals surface area contributed by atoms with Crippen molar-refractivity contribution in [3.05, 3.63) is 69.3 Å². The van der Waals surface area contributed by atoms with Crippen molar-refractivity contribution in [3.8, 4) is 0 Å². The summed E-state index contributed by atoms with van der Waals surface area (Å²) >= 11 is 0. The van der Waals surface area contributed by atoms with Crippen molar-refractivity contribution in [2.45, 2.75) is 0 Å². The van der Waals surface area contributed by atoms with Crippen LogP contribution >= 0.6 is 0 Å². The smallest absolute Gasteiger partial charge is 0.338 e. The van der Waals surface area contributed by atoms with Crippen LogP contribution in [-0.2, 0) is 4.74 Å². The molecule has 0 bridgehead atoms. The fraction of sp³-hybridized carbons (Fsp3) is 0.125. The molecule has 130 valence electrons. The zero-order valence-corrected chi connectivity index (χ0v) is 13.2. The van der Waals surface area contributed by atoms with Gasteiger partial charge in [-0.3, -0.25) is 14.9 Å². The molecule has 0 aliphatic heterocycles. The molecular formula is C16H12F2N2O5. The minimum Gasteiger partial charge on any atom is -0.465 e. The van der Waals surface area contributed by atoms with Crippen LogP contribution in [0.2, 0.25) is 0 Å². The first-order valence-electron chi connectivity index (χ1n) is 6.85.